The smallest absolute Gasteiger partial charge is 0.111 e. The first kappa shape index (κ1) is 9.72. The summed E-state index contributed by atoms with van der Waals surface area (Å²) >= 11 is 1.65. The summed E-state index contributed by atoms with van der Waals surface area (Å²) in [7, 11) is 0. The molecule has 4 heterocycles. The van der Waals surface area contributed by atoms with E-state index in [-0.39, 0.29) is 6.61 Å². The highest BCUT2D eigenvalue weighted by Gasteiger charge is 2.34. The molecule has 1 N–H and O–H groups in total. The molecule has 82 valence electrons. The van der Waals surface area contributed by atoms with Crippen LogP contribution < -0.4 is 0 Å². The maximum atomic E-state index is 9.03. The maximum absolute atomic E-state index is 9.03. The molecule has 1 atom stereocenters. The van der Waals surface area contributed by atoms with Gasteiger partial charge in [0, 0.05) is 38.9 Å². The standard InChI is InChI=1S/C10H15N3OS/c14-7-8-5-11-10(15-8)9-6-12-1-3-13(9)4-2-12/h5,9,14H,1-4,6-7H2. The first-order valence-corrected chi connectivity index (χ1v) is 6.20. The average Bonchev–Trinajstić information content (AvgIpc) is 2.79. The van der Waals surface area contributed by atoms with E-state index < -0.39 is 0 Å². The van der Waals surface area contributed by atoms with Crippen molar-refractivity contribution in [2.75, 3.05) is 32.7 Å². The third-order valence-corrected chi connectivity index (χ3v) is 4.37. The quantitative estimate of drug-likeness (QED) is 0.786. The monoisotopic (exact) mass is 225 g/mol. The van der Waals surface area contributed by atoms with E-state index in [0.717, 1.165) is 11.4 Å². The van der Waals surface area contributed by atoms with Crippen molar-refractivity contribution in [3.63, 3.8) is 0 Å². The van der Waals surface area contributed by atoms with Crippen LogP contribution in [0.25, 0.3) is 0 Å². The lowest BCUT2D eigenvalue weighted by molar-refractivity contribution is 0.0122. The molecule has 0 aromatic carbocycles. The SMILES string of the molecule is OCc1cnc(C2CN3CCN2CC3)s1. The number of fused-ring (bicyclic) bond motifs is 3. The summed E-state index contributed by atoms with van der Waals surface area (Å²) in [5, 5.41) is 10.2. The van der Waals surface area contributed by atoms with Crippen LogP contribution in [-0.4, -0.2) is 52.6 Å². The Morgan fingerprint density at radius 2 is 2.20 bits per heavy atom. The second-order valence-electron chi connectivity index (χ2n) is 4.18. The molecule has 3 saturated heterocycles. The van der Waals surface area contributed by atoms with Crippen molar-refractivity contribution < 1.29 is 5.11 Å². The molecular formula is C10H15N3OS. The van der Waals surface area contributed by atoms with Crippen LogP contribution in [0.1, 0.15) is 15.9 Å². The Hall–Kier alpha value is -0.490. The van der Waals surface area contributed by atoms with Gasteiger partial charge >= 0.3 is 0 Å². The zero-order valence-electron chi connectivity index (χ0n) is 8.59. The molecule has 3 fully saturated rings. The van der Waals surface area contributed by atoms with Crippen LogP contribution in [0.15, 0.2) is 6.20 Å². The molecule has 0 radical (unpaired) electrons. The van der Waals surface area contributed by atoms with Crippen LogP contribution >= 0.6 is 11.3 Å². The number of aliphatic hydroxyl groups is 1. The predicted octanol–water partition coefficient (Wildman–Crippen LogP) is 0.308. The van der Waals surface area contributed by atoms with E-state index in [9.17, 15) is 0 Å². The van der Waals surface area contributed by atoms with Gasteiger partial charge in [0.25, 0.3) is 0 Å². The van der Waals surface area contributed by atoms with E-state index in [1.165, 1.54) is 31.2 Å². The molecule has 3 aliphatic rings. The Kier molecular flexibility index (Phi) is 2.48. The largest absolute Gasteiger partial charge is 0.391 e. The molecule has 0 aliphatic carbocycles. The van der Waals surface area contributed by atoms with Crippen LogP contribution in [0.2, 0.25) is 0 Å². The summed E-state index contributed by atoms with van der Waals surface area (Å²) < 4.78 is 0. The molecule has 15 heavy (non-hydrogen) atoms. The van der Waals surface area contributed by atoms with Crippen molar-refractivity contribution >= 4 is 11.3 Å². The van der Waals surface area contributed by atoms with Gasteiger partial charge in [-0.2, -0.15) is 0 Å². The van der Waals surface area contributed by atoms with E-state index in [2.05, 4.69) is 14.8 Å². The summed E-state index contributed by atoms with van der Waals surface area (Å²) in [6, 6.07) is 0.470. The Morgan fingerprint density at radius 1 is 1.40 bits per heavy atom. The van der Waals surface area contributed by atoms with E-state index in [0.29, 0.717) is 6.04 Å². The number of piperazine rings is 3. The number of aromatic nitrogens is 1. The van der Waals surface area contributed by atoms with Gasteiger partial charge in [-0.15, -0.1) is 11.3 Å². The molecular weight excluding hydrogens is 210 g/mol. The highest BCUT2D eigenvalue weighted by Crippen LogP contribution is 2.31. The molecule has 1 aromatic heterocycles. The summed E-state index contributed by atoms with van der Waals surface area (Å²) in [6.07, 6.45) is 1.80. The molecule has 2 bridgehead atoms. The number of rotatable bonds is 2. The van der Waals surface area contributed by atoms with E-state index in [1.54, 1.807) is 17.5 Å². The third kappa shape index (κ3) is 1.69. The fourth-order valence-electron chi connectivity index (χ4n) is 2.40. The van der Waals surface area contributed by atoms with Crippen molar-refractivity contribution in [2.45, 2.75) is 12.6 Å². The van der Waals surface area contributed by atoms with Crippen LogP contribution in [0, 0.1) is 0 Å². The third-order valence-electron chi connectivity index (χ3n) is 3.29. The molecule has 0 amide bonds. The van der Waals surface area contributed by atoms with Gasteiger partial charge in [0.15, 0.2) is 0 Å². The minimum absolute atomic E-state index is 0.119. The minimum Gasteiger partial charge on any atom is -0.391 e. The van der Waals surface area contributed by atoms with Crippen LogP contribution in [0.5, 0.6) is 0 Å². The van der Waals surface area contributed by atoms with Gasteiger partial charge in [0.1, 0.15) is 5.01 Å². The lowest BCUT2D eigenvalue weighted by Gasteiger charge is -2.46. The highest BCUT2D eigenvalue weighted by molar-refractivity contribution is 7.11. The Balaban J connectivity index is 1.81. The molecule has 4 rings (SSSR count). The minimum atomic E-state index is 0.119. The van der Waals surface area contributed by atoms with Gasteiger partial charge in [0.05, 0.1) is 17.5 Å². The Bertz CT molecular complexity index is 346. The number of thiazole rings is 1. The lowest BCUT2D eigenvalue weighted by Crippen LogP contribution is -2.56. The number of nitrogens with zero attached hydrogens (tertiary/aromatic N) is 3. The summed E-state index contributed by atoms with van der Waals surface area (Å²) in [4.78, 5) is 10.4. The van der Waals surface area contributed by atoms with Crippen LogP contribution in [0.4, 0.5) is 0 Å². The molecule has 5 heteroatoms. The van der Waals surface area contributed by atoms with Crippen molar-refractivity contribution in [3.05, 3.63) is 16.1 Å². The summed E-state index contributed by atoms with van der Waals surface area (Å²) in [5.41, 5.74) is 0. The molecule has 1 aromatic rings. The number of hydrogen-bond acceptors (Lipinski definition) is 5. The van der Waals surface area contributed by atoms with Crippen molar-refractivity contribution in [2.24, 2.45) is 0 Å². The second-order valence-corrected chi connectivity index (χ2v) is 5.32. The normalized spacial score (nSPS) is 34.6. The predicted molar refractivity (Wildman–Crippen MR) is 58.8 cm³/mol. The van der Waals surface area contributed by atoms with Gasteiger partial charge in [-0.05, 0) is 0 Å². The second kappa shape index (κ2) is 3.83. The zero-order chi connectivity index (χ0) is 10.3. The van der Waals surface area contributed by atoms with Crippen LogP contribution in [-0.2, 0) is 6.61 Å². The highest BCUT2D eigenvalue weighted by atomic mass is 32.1. The first-order chi connectivity index (χ1) is 7.36. The fourth-order valence-corrected chi connectivity index (χ4v) is 3.31. The molecule has 3 aliphatic heterocycles. The van der Waals surface area contributed by atoms with E-state index in [4.69, 9.17) is 5.11 Å². The van der Waals surface area contributed by atoms with Gasteiger partial charge < -0.3 is 5.11 Å². The Morgan fingerprint density at radius 3 is 2.73 bits per heavy atom. The summed E-state index contributed by atoms with van der Waals surface area (Å²) in [6.45, 7) is 5.97. The molecule has 1 unspecified atom stereocenters. The van der Waals surface area contributed by atoms with Crippen molar-refractivity contribution in [3.8, 4) is 0 Å². The number of hydrogen-bond donors (Lipinski definition) is 1. The maximum Gasteiger partial charge on any atom is 0.111 e. The van der Waals surface area contributed by atoms with Gasteiger partial charge in [-0.25, -0.2) is 4.98 Å². The van der Waals surface area contributed by atoms with Gasteiger partial charge in [0.2, 0.25) is 0 Å². The van der Waals surface area contributed by atoms with E-state index in [1.807, 2.05) is 0 Å². The van der Waals surface area contributed by atoms with Gasteiger partial charge in [-0.3, -0.25) is 9.80 Å². The fraction of sp³-hybridized carbons (Fsp3) is 0.700. The zero-order valence-corrected chi connectivity index (χ0v) is 9.41. The van der Waals surface area contributed by atoms with Gasteiger partial charge in [-0.1, -0.05) is 0 Å². The average molecular weight is 225 g/mol. The molecule has 0 spiro atoms. The molecule has 4 nitrogen and oxygen atoms in total. The summed E-state index contributed by atoms with van der Waals surface area (Å²) in [5.74, 6) is 0. The Labute approximate surface area is 93.1 Å². The van der Waals surface area contributed by atoms with Crippen molar-refractivity contribution in [1.29, 1.82) is 0 Å². The van der Waals surface area contributed by atoms with Crippen molar-refractivity contribution in [1.82, 2.24) is 14.8 Å². The molecule has 0 saturated carbocycles. The van der Waals surface area contributed by atoms with E-state index >= 15 is 0 Å². The lowest BCUT2D eigenvalue weighted by atomic mass is 10.1. The van der Waals surface area contributed by atoms with Crippen LogP contribution in [0.3, 0.4) is 0 Å². The topological polar surface area (TPSA) is 39.6 Å². The first-order valence-electron chi connectivity index (χ1n) is 5.38. The number of aliphatic hydroxyl groups excluding tert-OH is 1.